The summed E-state index contributed by atoms with van der Waals surface area (Å²) in [4.78, 5) is 8.25. The van der Waals surface area contributed by atoms with Crippen molar-refractivity contribution in [3.05, 3.63) is 28.0 Å². The number of rotatable bonds is 0. The van der Waals surface area contributed by atoms with E-state index in [1.54, 1.807) is 6.07 Å². The van der Waals surface area contributed by atoms with Crippen molar-refractivity contribution in [3.8, 4) is 6.07 Å². The zero-order valence-corrected chi connectivity index (χ0v) is 8.54. The number of nitriles is 1. The second kappa shape index (κ2) is 23.3. The van der Waals surface area contributed by atoms with Crippen LogP contribution in [0.2, 0.25) is 0 Å². The van der Waals surface area contributed by atoms with Gasteiger partial charge in [-0.2, -0.15) is 5.26 Å². The van der Waals surface area contributed by atoms with Crippen LogP contribution in [0.1, 0.15) is 0 Å². The second-order valence-corrected chi connectivity index (χ2v) is 0.557. The summed E-state index contributed by atoms with van der Waals surface area (Å²) >= 11 is 0. The van der Waals surface area contributed by atoms with Crippen molar-refractivity contribution in [2.24, 2.45) is 0 Å². The SMILES string of the molecule is C=CC#N.O=[N+]([O-])[O-].[Ce].[NH4+]. The van der Waals surface area contributed by atoms with Crippen LogP contribution in [0.3, 0.4) is 0 Å². The molecule has 0 heterocycles. The third-order valence-electron chi connectivity index (χ3n) is 0.0913. The molecule has 0 radical (unpaired) electrons. The Labute approximate surface area is 91.6 Å². The first-order valence-electron chi connectivity index (χ1n) is 1.47. The molecule has 0 rings (SSSR count). The molecule has 0 aliphatic carbocycles. The fourth-order valence-electron chi connectivity index (χ4n) is 0. The van der Waals surface area contributed by atoms with Crippen LogP contribution in [0.5, 0.6) is 0 Å². The van der Waals surface area contributed by atoms with Gasteiger partial charge in [-0.1, -0.05) is 6.58 Å². The van der Waals surface area contributed by atoms with Gasteiger partial charge in [0.25, 0.3) is 0 Å². The molecule has 7 heteroatoms. The molecule has 0 aromatic heterocycles. The molecule has 0 spiro atoms. The molecule has 10 heavy (non-hydrogen) atoms. The second-order valence-electron chi connectivity index (χ2n) is 0.557. The zero-order valence-electron chi connectivity index (χ0n) is 5.40. The van der Waals surface area contributed by atoms with Crippen LogP contribution < -0.4 is 6.15 Å². The minimum Gasteiger partial charge on any atom is -0.369 e. The molecule has 56 valence electrons. The third-order valence-corrected chi connectivity index (χ3v) is 0.0913. The first-order valence-corrected chi connectivity index (χ1v) is 1.47. The molecule has 0 saturated heterocycles. The average Bonchev–Trinajstić information content (AvgIpc) is 1.65. The van der Waals surface area contributed by atoms with Gasteiger partial charge in [-0.25, -0.2) is 0 Å². The Hall–Kier alpha value is -0.233. The van der Waals surface area contributed by atoms with Gasteiger partial charge in [0.1, 0.15) is 0 Å². The largest absolute Gasteiger partial charge is 0.369 e. The van der Waals surface area contributed by atoms with Crippen molar-refractivity contribution in [1.82, 2.24) is 6.15 Å². The van der Waals surface area contributed by atoms with Gasteiger partial charge >= 0.3 is 0 Å². The summed E-state index contributed by atoms with van der Waals surface area (Å²) < 4.78 is 0. The third kappa shape index (κ3) is 605. The molecule has 0 aromatic rings. The van der Waals surface area contributed by atoms with Crippen molar-refractivity contribution in [2.45, 2.75) is 0 Å². The Morgan fingerprint density at radius 2 is 1.70 bits per heavy atom. The van der Waals surface area contributed by atoms with E-state index < -0.39 is 5.09 Å². The van der Waals surface area contributed by atoms with Gasteiger partial charge < -0.3 is 21.5 Å². The van der Waals surface area contributed by atoms with Gasteiger partial charge in [0.05, 0.1) is 11.2 Å². The van der Waals surface area contributed by atoms with Crippen molar-refractivity contribution in [3.63, 3.8) is 0 Å². The Bertz CT molecular complexity index is 117. The van der Waals surface area contributed by atoms with E-state index in [2.05, 4.69) is 6.58 Å². The Morgan fingerprint density at radius 3 is 1.70 bits per heavy atom. The van der Waals surface area contributed by atoms with Crippen molar-refractivity contribution in [1.29, 1.82) is 5.26 Å². The minimum absolute atomic E-state index is 0. The van der Waals surface area contributed by atoms with E-state index in [-0.39, 0.29) is 47.9 Å². The molecule has 0 bridgehead atoms. The maximum atomic E-state index is 8.25. The van der Waals surface area contributed by atoms with Gasteiger partial charge in [-0.05, 0) is 0 Å². The van der Waals surface area contributed by atoms with Gasteiger partial charge in [-0.3, -0.25) is 0 Å². The van der Waals surface area contributed by atoms with E-state index in [4.69, 9.17) is 20.6 Å². The monoisotopic (exact) mass is 273 g/mol. The molecule has 6 nitrogen and oxygen atoms in total. The molecule has 0 aliphatic rings. The van der Waals surface area contributed by atoms with E-state index in [0.717, 1.165) is 0 Å². The summed E-state index contributed by atoms with van der Waals surface area (Å²) in [6.45, 7) is 3.12. The topological polar surface area (TPSA) is 126 Å². The first kappa shape index (κ1) is 22.6. The van der Waals surface area contributed by atoms with Crippen LogP contribution in [0.15, 0.2) is 12.7 Å². The maximum absolute atomic E-state index is 8.25. The fraction of sp³-hybridized carbons (Fsp3) is 0. The fourth-order valence-corrected chi connectivity index (χ4v) is 0. The van der Waals surface area contributed by atoms with E-state index in [1.807, 2.05) is 0 Å². The van der Waals surface area contributed by atoms with Crippen molar-refractivity contribution in [2.75, 3.05) is 0 Å². The van der Waals surface area contributed by atoms with Gasteiger partial charge in [0, 0.05) is 47.8 Å². The number of nitrogens with zero attached hydrogens (tertiary/aromatic N) is 2. The molecule has 0 atom stereocenters. The van der Waals surface area contributed by atoms with E-state index in [9.17, 15) is 0 Å². The molecule has 4 N–H and O–H groups in total. The molecule has 0 amide bonds. The number of hydrogen-bond acceptors (Lipinski definition) is 4. The first-order chi connectivity index (χ1) is 3.65. The van der Waals surface area contributed by atoms with Crippen LogP contribution >= 0.6 is 0 Å². The Morgan fingerprint density at radius 1 is 1.60 bits per heavy atom. The van der Waals surface area contributed by atoms with Gasteiger partial charge in [0.2, 0.25) is 0 Å². The van der Waals surface area contributed by atoms with Crippen LogP contribution in [0, 0.1) is 68.4 Å². The van der Waals surface area contributed by atoms with Crippen LogP contribution in [-0.4, -0.2) is 5.09 Å². The van der Waals surface area contributed by atoms with Crippen LogP contribution in [0.4, 0.5) is 0 Å². The standard InChI is InChI=1S/C3H3N.Ce.NO3.H3N/c1-2-3-4;;2-1(3)4;/h2H,1H2;;;1H3/q;;-1;/p+1. The number of hydrogen-bond donors (Lipinski definition) is 1. The summed E-state index contributed by atoms with van der Waals surface area (Å²) in [6, 6.07) is 1.69. The Balaban J connectivity index is -0.0000000300. The average molecular weight is 273 g/mol. The Kier molecular flexibility index (Phi) is 52.5. The van der Waals surface area contributed by atoms with Crippen molar-refractivity contribution < 1.29 is 46.8 Å². The molecular weight excluding hydrogens is 266 g/mol. The van der Waals surface area contributed by atoms with E-state index >= 15 is 0 Å². The van der Waals surface area contributed by atoms with Crippen LogP contribution in [-0.2, 0) is 0 Å². The minimum atomic E-state index is -1.75. The molecule has 0 saturated carbocycles. The quantitative estimate of drug-likeness (QED) is 0.398. The molecule has 0 aromatic carbocycles. The predicted molar refractivity (Wildman–Crippen MR) is 32.2 cm³/mol. The summed E-state index contributed by atoms with van der Waals surface area (Å²) in [5.74, 6) is 0. The maximum Gasteiger partial charge on any atom is 0.0905 e. The molecule has 0 fully saturated rings. The zero-order chi connectivity index (χ0) is 6.99. The normalized spacial score (nSPS) is 3.90. The van der Waals surface area contributed by atoms with Gasteiger partial charge in [0.15, 0.2) is 0 Å². The summed E-state index contributed by atoms with van der Waals surface area (Å²) in [5, 5.41) is 22.3. The smallest absolute Gasteiger partial charge is 0.0905 e. The molecule has 0 aliphatic heterocycles. The molecule has 0 unspecified atom stereocenters. The number of allylic oxidation sites excluding steroid dienone is 1. The summed E-state index contributed by atoms with van der Waals surface area (Å²) in [5.41, 5.74) is 0. The van der Waals surface area contributed by atoms with E-state index in [1.165, 1.54) is 6.08 Å². The number of quaternary nitrogens is 1. The predicted octanol–water partition coefficient (Wildman–Crippen LogP) is 0.833. The molecular formula is C3H7CeN3O3. The van der Waals surface area contributed by atoms with Crippen molar-refractivity contribution >= 4 is 0 Å². The van der Waals surface area contributed by atoms with E-state index in [0.29, 0.717) is 0 Å². The summed E-state index contributed by atoms with van der Waals surface area (Å²) in [6.07, 6.45) is 1.18. The van der Waals surface area contributed by atoms with Gasteiger partial charge in [-0.15, -0.1) is 0 Å². The summed E-state index contributed by atoms with van der Waals surface area (Å²) in [7, 11) is 0. The van der Waals surface area contributed by atoms with Crippen LogP contribution in [0.25, 0.3) is 0 Å².